The van der Waals surface area contributed by atoms with Crippen LogP contribution in [0.5, 0.6) is 11.5 Å². The van der Waals surface area contributed by atoms with Crippen LogP contribution in [0.15, 0.2) is 16.6 Å². The summed E-state index contributed by atoms with van der Waals surface area (Å²) in [5.74, 6) is 2.83. The molecule has 0 radical (unpaired) electrons. The van der Waals surface area contributed by atoms with E-state index < -0.39 is 0 Å². The molecule has 0 aromatic heterocycles. The Hall–Kier alpha value is -0.390. The number of ether oxygens (including phenoxy) is 2. The second-order valence-electron chi connectivity index (χ2n) is 4.93. The summed E-state index contributed by atoms with van der Waals surface area (Å²) >= 11 is 5.63. The molecule has 0 saturated carbocycles. The van der Waals surface area contributed by atoms with E-state index in [4.69, 9.17) is 9.47 Å². The number of thioether (sulfide) groups is 1. The molecule has 0 amide bonds. The first-order chi connectivity index (χ1) is 9.74. The Balaban J connectivity index is 1.90. The minimum Gasteiger partial charge on any atom is -0.493 e. The summed E-state index contributed by atoms with van der Waals surface area (Å²) in [7, 11) is 3.32. The predicted molar refractivity (Wildman–Crippen MR) is 89.0 cm³/mol. The Morgan fingerprint density at radius 2 is 2.15 bits per heavy atom. The summed E-state index contributed by atoms with van der Waals surface area (Å²) < 4.78 is 11.6. The molecule has 1 aromatic carbocycles. The fourth-order valence-electron chi connectivity index (χ4n) is 2.42. The normalized spacial score (nSPS) is 18.9. The number of halogens is 1. The van der Waals surface area contributed by atoms with Gasteiger partial charge in [-0.15, -0.1) is 0 Å². The molecule has 20 heavy (non-hydrogen) atoms. The van der Waals surface area contributed by atoms with Crippen molar-refractivity contribution in [2.24, 2.45) is 0 Å². The molecule has 0 bridgehead atoms. The number of hydrogen-bond acceptors (Lipinski definition) is 4. The highest BCUT2D eigenvalue weighted by atomic mass is 79.9. The second kappa shape index (κ2) is 8.15. The molecule has 0 spiro atoms. The van der Waals surface area contributed by atoms with Crippen LogP contribution in [0, 0.1) is 0 Å². The molecule has 0 aliphatic carbocycles. The molecular weight excluding hydrogens is 338 g/mol. The summed E-state index contributed by atoms with van der Waals surface area (Å²) in [6.45, 7) is 1.94. The van der Waals surface area contributed by atoms with Crippen molar-refractivity contribution in [3.8, 4) is 11.5 Å². The Labute approximate surface area is 133 Å². The molecular formula is C15H22BrNO2S. The van der Waals surface area contributed by atoms with E-state index in [2.05, 4.69) is 39.1 Å². The maximum absolute atomic E-state index is 5.37. The van der Waals surface area contributed by atoms with Crippen LogP contribution in [0.4, 0.5) is 0 Å². The molecule has 1 fully saturated rings. The van der Waals surface area contributed by atoms with Crippen molar-refractivity contribution in [1.82, 2.24) is 5.32 Å². The molecule has 1 unspecified atom stereocenters. The lowest BCUT2D eigenvalue weighted by Crippen LogP contribution is -2.26. The van der Waals surface area contributed by atoms with Crippen molar-refractivity contribution in [2.75, 3.05) is 26.5 Å². The lowest BCUT2D eigenvalue weighted by atomic mass is 10.1. The number of hydrogen-bond donors (Lipinski definition) is 1. The van der Waals surface area contributed by atoms with Gasteiger partial charge in [-0.25, -0.2) is 0 Å². The third-order valence-electron chi connectivity index (χ3n) is 3.47. The zero-order chi connectivity index (χ0) is 14.4. The minimum absolute atomic E-state index is 0.749. The lowest BCUT2D eigenvalue weighted by molar-refractivity contribution is 0.352. The van der Waals surface area contributed by atoms with Crippen LogP contribution in [0.2, 0.25) is 0 Å². The number of benzene rings is 1. The fraction of sp³-hybridized carbons (Fsp3) is 0.600. The molecule has 1 aromatic rings. The van der Waals surface area contributed by atoms with E-state index in [0.29, 0.717) is 0 Å². The molecule has 1 aliphatic rings. The lowest BCUT2D eigenvalue weighted by Gasteiger charge is -2.21. The van der Waals surface area contributed by atoms with Crippen LogP contribution in [-0.2, 0) is 6.54 Å². The van der Waals surface area contributed by atoms with Gasteiger partial charge in [0.05, 0.1) is 18.7 Å². The van der Waals surface area contributed by atoms with E-state index in [1.807, 2.05) is 6.07 Å². The predicted octanol–water partition coefficient (Wildman–Crippen LogP) is 3.84. The van der Waals surface area contributed by atoms with E-state index in [1.54, 1.807) is 14.2 Å². The summed E-state index contributed by atoms with van der Waals surface area (Å²) in [6, 6.07) is 4.12. The molecule has 5 heteroatoms. The second-order valence-corrected chi connectivity index (χ2v) is 7.20. The van der Waals surface area contributed by atoms with Crippen molar-refractivity contribution in [1.29, 1.82) is 0 Å². The van der Waals surface area contributed by atoms with E-state index in [9.17, 15) is 0 Å². The molecule has 2 rings (SSSR count). The maximum atomic E-state index is 5.37. The smallest absolute Gasteiger partial charge is 0.174 e. The van der Waals surface area contributed by atoms with Gasteiger partial charge >= 0.3 is 0 Å². The van der Waals surface area contributed by atoms with Crippen LogP contribution in [0.3, 0.4) is 0 Å². The van der Waals surface area contributed by atoms with Crippen LogP contribution in [-0.4, -0.2) is 31.8 Å². The SMILES string of the molecule is COc1cc(CNCC2CCCCS2)cc(Br)c1OC. The van der Waals surface area contributed by atoms with E-state index in [-0.39, 0.29) is 0 Å². The van der Waals surface area contributed by atoms with Gasteiger partial charge in [-0.05, 0) is 52.2 Å². The summed E-state index contributed by atoms with van der Waals surface area (Å²) in [6.07, 6.45) is 4.10. The Morgan fingerprint density at radius 3 is 2.80 bits per heavy atom. The first-order valence-electron chi connectivity index (χ1n) is 6.97. The summed E-state index contributed by atoms with van der Waals surface area (Å²) in [4.78, 5) is 0. The third kappa shape index (κ3) is 4.30. The van der Waals surface area contributed by atoms with Crippen molar-refractivity contribution in [3.05, 3.63) is 22.2 Å². The van der Waals surface area contributed by atoms with Gasteiger partial charge in [0.1, 0.15) is 0 Å². The zero-order valence-corrected chi connectivity index (χ0v) is 14.5. The average molecular weight is 360 g/mol. The highest BCUT2D eigenvalue weighted by molar-refractivity contribution is 9.10. The topological polar surface area (TPSA) is 30.5 Å². The highest BCUT2D eigenvalue weighted by Crippen LogP contribution is 2.36. The molecule has 112 valence electrons. The van der Waals surface area contributed by atoms with Gasteiger partial charge in [0.2, 0.25) is 0 Å². The largest absolute Gasteiger partial charge is 0.493 e. The maximum Gasteiger partial charge on any atom is 0.174 e. The van der Waals surface area contributed by atoms with E-state index >= 15 is 0 Å². The minimum atomic E-state index is 0.749. The third-order valence-corrected chi connectivity index (χ3v) is 5.46. The molecule has 1 atom stereocenters. The first-order valence-corrected chi connectivity index (χ1v) is 8.81. The summed E-state index contributed by atoms with van der Waals surface area (Å²) in [5, 5.41) is 4.32. The summed E-state index contributed by atoms with van der Waals surface area (Å²) in [5.41, 5.74) is 1.20. The van der Waals surface area contributed by atoms with Gasteiger partial charge in [-0.3, -0.25) is 0 Å². The highest BCUT2D eigenvalue weighted by Gasteiger charge is 2.14. The van der Waals surface area contributed by atoms with Crippen LogP contribution < -0.4 is 14.8 Å². The molecule has 1 aliphatic heterocycles. The van der Waals surface area contributed by atoms with Gasteiger partial charge in [0.25, 0.3) is 0 Å². The number of nitrogens with one attached hydrogen (secondary N) is 1. The zero-order valence-electron chi connectivity index (χ0n) is 12.1. The fourth-order valence-corrected chi connectivity index (χ4v) is 4.34. The van der Waals surface area contributed by atoms with Crippen molar-refractivity contribution in [2.45, 2.75) is 31.1 Å². The number of methoxy groups -OCH3 is 2. The Morgan fingerprint density at radius 1 is 1.30 bits per heavy atom. The monoisotopic (exact) mass is 359 g/mol. The van der Waals surface area contributed by atoms with Crippen LogP contribution in [0.1, 0.15) is 24.8 Å². The van der Waals surface area contributed by atoms with Crippen LogP contribution in [0.25, 0.3) is 0 Å². The average Bonchev–Trinajstić information content (AvgIpc) is 2.47. The molecule has 3 nitrogen and oxygen atoms in total. The van der Waals surface area contributed by atoms with Gasteiger partial charge in [0.15, 0.2) is 11.5 Å². The Bertz CT molecular complexity index is 436. The van der Waals surface area contributed by atoms with Crippen molar-refractivity contribution in [3.63, 3.8) is 0 Å². The van der Waals surface area contributed by atoms with Gasteiger partial charge in [-0.2, -0.15) is 11.8 Å². The molecule has 1 N–H and O–H groups in total. The number of rotatable bonds is 6. The van der Waals surface area contributed by atoms with Gasteiger partial charge < -0.3 is 14.8 Å². The first kappa shape index (κ1) is 16.0. The van der Waals surface area contributed by atoms with Crippen molar-refractivity contribution >= 4 is 27.7 Å². The van der Waals surface area contributed by atoms with Crippen molar-refractivity contribution < 1.29 is 9.47 Å². The van der Waals surface area contributed by atoms with Crippen LogP contribution >= 0.6 is 27.7 Å². The molecule has 1 saturated heterocycles. The molecule has 1 heterocycles. The van der Waals surface area contributed by atoms with E-state index in [1.165, 1.54) is 30.6 Å². The Kier molecular flexibility index (Phi) is 6.52. The van der Waals surface area contributed by atoms with E-state index in [0.717, 1.165) is 34.3 Å². The quantitative estimate of drug-likeness (QED) is 0.835. The van der Waals surface area contributed by atoms with Gasteiger partial charge in [-0.1, -0.05) is 6.42 Å². The van der Waals surface area contributed by atoms with Gasteiger partial charge in [0, 0.05) is 18.3 Å². The standard InChI is InChI=1S/C15H22BrNO2S/c1-18-14-8-11(7-13(16)15(14)19-2)9-17-10-12-5-3-4-6-20-12/h7-8,12,17H,3-6,9-10H2,1-2H3.